The Kier molecular flexibility index (Phi) is 5.37. The Balaban J connectivity index is 2.52. The molecule has 5 nitrogen and oxygen atoms in total. The summed E-state index contributed by atoms with van der Waals surface area (Å²) in [4.78, 5) is 23.8. The summed E-state index contributed by atoms with van der Waals surface area (Å²) in [6, 6.07) is 2.39. The van der Waals surface area contributed by atoms with Gasteiger partial charge < -0.3 is 15.7 Å². The first kappa shape index (κ1) is 16.0. The van der Waals surface area contributed by atoms with Gasteiger partial charge in [0.15, 0.2) is 0 Å². The Morgan fingerprint density at radius 1 is 1.42 bits per heavy atom. The molecule has 0 fully saturated rings. The lowest BCUT2D eigenvalue weighted by Crippen LogP contribution is -2.52. The van der Waals surface area contributed by atoms with Crippen LogP contribution in [0, 0.1) is 5.41 Å². The first-order valence-electron chi connectivity index (χ1n) is 5.71. The van der Waals surface area contributed by atoms with Crippen LogP contribution in [0.3, 0.4) is 0 Å². The highest BCUT2D eigenvalue weighted by molar-refractivity contribution is 9.11. The number of carbonyl (C=O) groups is 2. The molecule has 19 heavy (non-hydrogen) atoms. The fourth-order valence-corrected chi connectivity index (χ4v) is 2.87. The zero-order valence-electron chi connectivity index (χ0n) is 11.0. The van der Waals surface area contributed by atoms with Gasteiger partial charge >= 0.3 is 12.0 Å². The number of carboxylic acid groups (broad SMARTS) is 1. The monoisotopic (exact) mass is 348 g/mol. The minimum Gasteiger partial charge on any atom is -0.480 e. The number of hydrogen-bond donors (Lipinski definition) is 3. The van der Waals surface area contributed by atoms with Crippen LogP contribution in [0.25, 0.3) is 0 Å². The van der Waals surface area contributed by atoms with Crippen LogP contribution in [0.4, 0.5) is 4.79 Å². The Morgan fingerprint density at radius 3 is 2.47 bits per heavy atom. The lowest BCUT2D eigenvalue weighted by molar-refractivity contribution is -0.141. The molecule has 106 valence electrons. The SMILES string of the molecule is CC(C)(C)C(NC(=O)NCc1ccc(Br)s1)C(=O)O. The van der Waals surface area contributed by atoms with Gasteiger partial charge in [-0.05, 0) is 33.5 Å². The van der Waals surface area contributed by atoms with E-state index >= 15 is 0 Å². The van der Waals surface area contributed by atoms with Crippen molar-refractivity contribution in [3.05, 3.63) is 20.8 Å². The number of halogens is 1. The van der Waals surface area contributed by atoms with E-state index < -0.39 is 23.5 Å². The number of rotatable bonds is 4. The van der Waals surface area contributed by atoms with Crippen LogP contribution in [-0.4, -0.2) is 23.1 Å². The molecule has 0 aliphatic carbocycles. The van der Waals surface area contributed by atoms with Crippen LogP contribution in [0.5, 0.6) is 0 Å². The lowest BCUT2D eigenvalue weighted by atomic mass is 9.87. The van der Waals surface area contributed by atoms with Gasteiger partial charge in [-0.15, -0.1) is 11.3 Å². The number of aliphatic carboxylic acids is 1. The first-order valence-corrected chi connectivity index (χ1v) is 7.32. The Hall–Kier alpha value is -1.08. The minimum atomic E-state index is -1.04. The zero-order valence-corrected chi connectivity index (χ0v) is 13.4. The van der Waals surface area contributed by atoms with Gasteiger partial charge in [0.2, 0.25) is 0 Å². The third-order valence-electron chi connectivity index (χ3n) is 2.44. The summed E-state index contributed by atoms with van der Waals surface area (Å²) in [6.07, 6.45) is 0. The number of urea groups is 1. The van der Waals surface area contributed by atoms with Gasteiger partial charge in [0, 0.05) is 4.88 Å². The average molecular weight is 349 g/mol. The van der Waals surface area contributed by atoms with E-state index in [1.165, 1.54) is 11.3 Å². The molecule has 0 saturated carbocycles. The summed E-state index contributed by atoms with van der Waals surface area (Å²) in [7, 11) is 0. The fourth-order valence-electron chi connectivity index (χ4n) is 1.44. The Bertz CT molecular complexity index is 468. The average Bonchev–Trinajstić information content (AvgIpc) is 2.67. The molecular formula is C12H17BrN2O3S. The quantitative estimate of drug-likeness (QED) is 0.782. The van der Waals surface area contributed by atoms with E-state index in [2.05, 4.69) is 26.6 Å². The van der Waals surface area contributed by atoms with Gasteiger partial charge in [-0.2, -0.15) is 0 Å². The predicted molar refractivity (Wildman–Crippen MR) is 78.3 cm³/mol. The highest BCUT2D eigenvalue weighted by Crippen LogP contribution is 2.22. The number of amides is 2. The molecule has 0 aliphatic rings. The molecule has 1 atom stereocenters. The standard InChI is InChI=1S/C12H17BrN2O3S/c1-12(2,3)9(10(16)17)15-11(18)14-6-7-4-5-8(13)19-7/h4-5,9H,6H2,1-3H3,(H,16,17)(H2,14,15,18). The predicted octanol–water partition coefficient (Wildman–Crippen LogP) is 2.81. The maximum Gasteiger partial charge on any atom is 0.326 e. The third-order valence-corrected chi connectivity index (χ3v) is 4.06. The summed E-state index contributed by atoms with van der Waals surface area (Å²) < 4.78 is 0.989. The Labute approximate surface area is 124 Å². The van der Waals surface area contributed by atoms with Crippen LogP contribution < -0.4 is 10.6 Å². The molecule has 2 amide bonds. The fraction of sp³-hybridized carbons (Fsp3) is 0.500. The largest absolute Gasteiger partial charge is 0.480 e. The lowest BCUT2D eigenvalue weighted by Gasteiger charge is -2.27. The molecule has 1 rings (SSSR count). The van der Waals surface area contributed by atoms with Crippen molar-refractivity contribution < 1.29 is 14.7 Å². The van der Waals surface area contributed by atoms with Crippen molar-refractivity contribution in [3.8, 4) is 0 Å². The highest BCUT2D eigenvalue weighted by Gasteiger charge is 2.32. The van der Waals surface area contributed by atoms with Crippen molar-refractivity contribution in [1.82, 2.24) is 10.6 Å². The molecule has 1 aromatic rings. The topological polar surface area (TPSA) is 78.4 Å². The summed E-state index contributed by atoms with van der Waals surface area (Å²) >= 11 is 4.86. The maximum atomic E-state index is 11.7. The molecule has 0 aliphatic heterocycles. The molecule has 1 aromatic heterocycles. The van der Waals surface area contributed by atoms with E-state index in [0.717, 1.165) is 8.66 Å². The van der Waals surface area contributed by atoms with Crippen LogP contribution in [-0.2, 0) is 11.3 Å². The molecule has 1 unspecified atom stereocenters. The van der Waals surface area contributed by atoms with Crippen molar-refractivity contribution in [3.63, 3.8) is 0 Å². The molecule has 3 N–H and O–H groups in total. The highest BCUT2D eigenvalue weighted by atomic mass is 79.9. The molecule has 0 aromatic carbocycles. The van der Waals surface area contributed by atoms with E-state index in [1.54, 1.807) is 20.8 Å². The summed E-state index contributed by atoms with van der Waals surface area (Å²) in [5, 5.41) is 14.2. The van der Waals surface area contributed by atoms with E-state index in [-0.39, 0.29) is 0 Å². The maximum absolute atomic E-state index is 11.7. The normalized spacial score (nSPS) is 12.8. The van der Waals surface area contributed by atoms with Crippen LogP contribution >= 0.6 is 27.3 Å². The van der Waals surface area contributed by atoms with E-state index in [4.69, 9.17) is 5.11 Å². The van der Waals surface area contributed by atoms with E-state index in [1.807, 2.05) is 12.1 Å². The summed E-state index contributed by atoms with van der Waals surface area (Å²) in [6.45, 7) is 5.67. The molecule has 1 heterocycles. The van der Waals surface area contributed by atoms with Crippen LogP contribution in [0.15, 0.2) is 15.9 Å². The number of carboxylic acids is 1. The zero-order chi connectivity index (χ0) is 14.6. The van der Waals surface area contributed by atoms with Gasteiger partial charge in [-0.25, -0.2) is 9.59 Å². The Morgan fingerprint density at radius 2 is 2.05 bits per heavy atom. The van der Waals surface area contributed by atoms with Gasteiger partial charge in [0.25, 0.3) is 0 Å². The smallest absolute Gasteiger partial charge is 0.326 e. The first-order chi connectivity index (χ1) is 8.70. The van der Waals surface area contributed by atoms with Crippen molar-refractivity contribution in [2.45, 2.75) is 33.4 Å². The third kappa shape index (κ3) is 5.20. The van der Waals surface area contributed by atoms with E-state index in [9.17, 15) is 9.59 Å². The van der Waals surface area contributed by atoms with Gasteiger partial charge in [-0.1, -0.05) is 20.8 Å². The second-order valence-corrected chi connectivity index (χ2v) is 7.72. The second kappa shape index (κ2) is 6.38. The van der Waals surface area contributed by atoms with Gasteiger partial charge in [0.1, 0.15) is 6.04 Å². The summed E-state index contributed by atoms with van der Waals surface area (Å²) in [5.41, 5.74) is -0.546. The molecule has 0 bridgehead atoms. The van der Waals surface area contributed by atoms with Crippen molar-refractivity contribution in [1.29, 1.82) is 0 Å². The van der Waals surface area contributed by atoms with Gasteiger partial charge in [0.05, 0.1) is 10.3 Å². The van der Waals surface area contributed by atoms with Crippen molar-refractivity contribution in [2.75, 3.05) is 0 Å². The van der Waals surface area contributed by atoms with Crippen molar-refractivity contribution in [2.24, 2.45) is 5.41 Å². The molecule has 0 saturated heterocycles. The van der Waals surface area contributed by atoms with Gasteiger partial charge in [-0.3, -0.25) is 0 Å². The molecule has 7 heteroatoms. The van der Waals surface area contributed by atoms with Crippen LogP contribution in [0.1, 0.15) is 25.6 Å². The number of thiophene rings is 1. The molecular weight excluding hydrogens is 332 g/mol. The number of nitrogens with one attached hydrogen (secondary N) is 2. The number of carbonyl (C=O) groups excluding carboxylic acids is 1. The summed E-state index contributed by atoms with van der Waals surface area (Å²) in [5.74, 6) is -1.04. The molecule has 0 spiro atoms. The molecule has 0 radical (unpaired) electrons. The van der Waals surface area contributed by atoms with Crippen molar-refractivity contribution >= 4 is 39.3 Å². The van der Waals surface area contributed by atoms with E-state index in [0.29, 0.717) is 6.54 Å². The minimum absolute atomic E-state index is 0.374. The second-order valence-electron chi connectivity index (χ2n) is 5.17. The number of hydrogen-bond acceptors (Lipinski definition) is 3. The van der Waals surface area contributed by atoms with Crippen LogP contribution in [0.2, 0.25) is 0 Å².